The fourth-order valence-electron chi connectivity index (χ4n) is 2.26. The van der Waals surface area contributed by atoms with Gasteiger partial charge in [-0.1, -0.05) is 0 Å². The van der Waals surface area contributed by atoms with Gasteiger partial charge in [0.2, 0.25) is 5.91 Å². The third-order valence-electron chi connectivity index (χ3n) is 2.88. The maximum absolute atomic E-state index is 11.1. The number of carboxylic acids is 1. The summed E-state index contributed by atoms with van der Waals surface area (Å²) in [5.74, 6) is -0.681. The fraction of sp³-hybridized carbons (Fsp3) is 0.750. The Morgan fingerprint density at radius 2 is 2.42 bits per heavy atom. The highest BCUT2D eigenvalue weighted by atomic mass is 16.4. The van der Waals surface area contributed by atoms with Crippen LogP contribution in [-0.4, -0.2) is 22.5 Å². The third kappa shape index (κ3) is 0.906. The molecule has 1 heterocycles. The van der Waals surface area contributed by atoms with Crippen LogP contribution in [0.1, 0.15) is 25.7 Å². The van der Waals surface area contributed by atoms with Gasteiger partial charge in [0.05, 0.1) is 0 Å². The Hall–Kier alpha value is -1.06. The van der Waals surface area contributed by atoms with Crippen molar-refractivity contribution < 1.29 is 14.7 Å². The summed E-state index contributed by atoms with van der Waals surface area (Å²) in [4.78, 5) is 21.9. The number of carbonyl (C=O) groups excluding carboxylic acids is 1. The Balaban J connectivity index is 2.27. The number of rotatable bonds is 1. The molecule has 4 heteroatoms. The molecule has 2 aliphatic rings. The minimum atomic E-state index is -0.917. The van der Waals surface area contributed by atoms with Crippen LogP contribution in [0.25, 0.3) is 0 Å². The lowest BCUT2D eigenvalue weighted by Gasteiger charge is -2.29. The van der Waals surface area contributed by atoms with Crippen LogP contribution in [0.2, 0.25) is 0 Å². The molecule has 1 saturated heterocycles. The quantitative estimate of drug-likeness (QED) is 0.586. The van der Waals surface area contributed by atoms with Gasteiger partial charge in [-0.25, -0.2) is 4.79 Å². The van der Waals surface area contributed by atoms with E-state index in [1.165, 1.54) is 0 Å². The Labute approximate surface area is 69.9 Å². The van der Waals surface area contributed by atoms with Crippen LogP contribution in [0, 0.1) is 5.92 Å². The minimum Gasteiger partial charge on any atom is -0.480 e. The van der Waals surface area contributed by atoms with E-state index in [4.69, 9.17) is 5.11 Å². The Morgan fingerprint density at radius 3 is 3.08 bits per heavy atom. The van der Waals surface area contributed by atoms with Gasteiger partial charge in [0.15, 0.2) is 0 Å². The van der Waals surface area contributed by atoms with Crippen LogP contribution < -0.4 is 5.32 Å². The summed E-state index contributed by atoms with van der Waals surface area (Å²) < 4.78 is 0. The van der Waals surface area contributed by atoms with Crippen molar-refractivity contribution >= 4 is 11.9 Å². The van der Waals surface area contributed by atoms with Crippen molar-refractivity contribution in [2.75, 3.05) is 0 Å². The molecule has 4 nitrogen and oxygen atoms in total. The van der Waals surface area contributed by atoms with Gasteiger partial charge < -0.3 is 10.4 Å². The number of aliphatic carboxylic acids is 1. The largest absolute Gasteiger partial charge is 0.480 e. The molecule has 2 fully saturated rings. The monoisotopic (exact) mass is 169 g/mol. The van der Waals surface area contributed by atoms with Gasteiger partial charge in [-0.2, -0.15) is 0 Å². The lowest BCUT2D eigenvalue weighted by atomic mass is 9.90. The van der Waals surface area contributed by atoms with E-state index in [1.807, 2.05) is 0 Å². The molecule has 0 aromatic carbocycles. The number of hydrogen-bond donors (Lipinski definition) is 2. The normalized spacial score (nSPS) is 39.3. The van der Waals surface area contributed by atoms with E-state index in [9.17, 15) is 9.59 Å². The molecule has 12 heavy (non-hydrogen) atoms. The van der Waals surface area contributed by atoms with Gasteiger partial charge in [-0.05, 0) is 25.2 Å². The van der Waals surface area contributed by atoms with E-state index in [0.29, 0.717) is 25.2 Å². The maximum Gasteiger partial charge on any atom is 0.329 e. The molecule has 1 aliphatic carbocycles. The van der Waals surface area contributed by atoms with Gasteiger partial charge in [-0.3, -0.25) is 4.79 Å². The van der Waals surface area contributed by atoms with Crippen LogP contribution in [0.4, 0.5) is 0 Å². The molecule has 0 aromatic heterocycles. The first-order chi connectivity index (χ1) is 5.62. The molecule has 1 amide bonds. The summed E-state index contributed by atoms with van der Waals surface area (Å²) in [5.41, 5.74) is -0.917. The molecule has 2 rings (SSSR count). The summed E-state index contributed by atoms with van der Waals surface area (Å²) >= 11 is 0. The highest BCUT2D eigenvalue weighted by Crippen LogP contribution is 2.39. The van der Waals surface area contributed by atoms with E-state index >= 15 is 0 Å². The lowest BCUT2D eigenvalue weighted by molar-refractivity contribution is -0.148. The Morgan fingerprint density at radius 1 is 1.67 bits per heavy atom. The zero-order valence-corrected chi connectivity index (χ0v) is 6.67. The Kier molecular flexibility index (Phi) is 1.40. The number of fused-ring (bicyclic) bond motifs is 2. The molecule has 0 radical (unpaired) electrons. The van der Waals surface area contributed by atoms with E-state index < -0.39 is 11.5 Å². The van der Waals surface area contributed by atoms with Gasteiger partial charge in [0.1, 0.15) is 5.54 Å². The molecule has 1 saturated carbocycles. The van der Waals surface area contributed by atoms with Crippen LogP contribution in [-0.2, 0) is 9.59 Å². The van der Waals surface area contributed by atoms with Gasteiger partial charge in [-0.15, -0.1) is 0 Å². The van der Waals surface area contributed by atoms with Crippen LogP contribution in [0.15, 0.2) is 0 Å². The van der Waals surface area contributed by atoms with Gasteiger partial charge in [0, 0.05) is 6.42 Å². The molecular formula is C8H11NO3. The molecule has 0 spiro atoms. The molecule has 2 N–H and O–H groups in total. The van der Waals surface area contributed by atoms with Crippen LogP contribution in [0.5, 0.6) is 0 Å². The fourth-order valence-corrected chi connectivity index (χ4v) is 2.26. The summed E-state index contributed by atoms with van der Waals surface area (Å²) in [6, 6.07) is 0. The van der Waals surface area contributed by atoms with Crippen molar-refractivity contribution in [3.63, 3.8) is 0 Å². The Bertz CT molecular complexity index is 251. The highest BCUT2D eigenvalue weighted by Gasteiger charge is 2.50. The lowest BCUT2D eigenvalue weighted by Crippen LogP contribution is -2.55. The number of carboxylic acid groups (broad SMARTS) is 1. The molecule has 2 atom stereocenters. The highest BCUT2D eigenvalue weighted by molar-refractivity contribution is 5.89. The maximum atomic E-state index is 11.1. The molecule has 0 unspecified atom stereocenters. The molecule has 66 valence electrons. The minimum absolute atomic E-state index is 0.105. The van der Waals surface area contributed by atoms with Crippen molar-refractivity contribution in [1.29, 1.82) is 0 Å². The predicted molar refractivity (Wildman–Crippen MR) is 40.5 cm³/mol. The second kappa shape index (κ2) is 2.21. The average molecular weight is 169 g/mol. The van der Waals surface area contributed by atoms with Crippen LogP contribution >= 0.6 is 0 Å². The number of hydrogen-bond acceptors (Lipinski definition) is 2. The topological polar surface area (TPSA) is 66.4 Å². The van der Waals surface area contributed by atoms with E-state index in [0.717, 1.165) is 6.42 Å². The van der Waals surface area contributed by atoms with E-state index in [1.54, 1.807) is 0 Å². The zero-order valence-electron chi connectivity index (χ0n) is 6.67. The number of nitrogens with one attached hydrogen (secondary N) is 1. The average Bonchev–Trinajstić information content (AvgIpc) is 2.28. The number of piperidine rings is 1. The zero-order chi connectivity index (χ0) is 8.77. The second-order valence-corrected chi connectivity index (χ2v) is 3.75. The van der Waals surface area contributed by atoms with Crippen molar-refractivity contribution in [3.8, 4) is 0 Å². The van der Waals surface area contributed by atoms with Crippen LogP contribution in [0.3, 0.4) is 0 Å². The summed E-state index contributed by atoms with van der Waals surface area (Å²) in [6.45, 7) is 0. The first-order valence-electron chi connectivity index (χ1n) is 4.17. The van der Waals surface area contributed by atoms with Crippen molar-refractivity contribution in [1.82, 2.24) is 5.32 Å². The number of carbonyl (C=O) groups is 2. The molecule has 0 aromatic rings. The predicted octanol–water partition coefficient (Wildman–Crippen LogP) is 0.130. The standard InChI is InChI=1S/C8H11NO3/c10-6-3-5-1-2-8(4-5,9-6)7(11)12/h5H,1-4H2,(H,9,10)(H,11,12)/t5-,8+/m1/s1. The smallest absolute Gasteiger partial charge is 0.329 e. The first-order valence-corrected chi connectivity index (χ1v) is 4.17. The second-order valence-electron chi connectivity index (χ2n) is 3.75. The van der Waals surface area contributed by atoms with Gasteiger partial charge >= 0.3 is 5.97 Å². The SMILES string of the molecule is O=C1C[C@H]2CC[C@@](C(=O)O)(C2)N1. The number of amides is 1. The summed E-state index contributed by atoms with van der Waals surface area (Å²) in [5, 5.41) is 11.5. The van der Waals surface area contributed by atoms with Crippen molar-refractivity contribution in [3.05, 3.63) is 0 Å². The van der Waals surface area contributed by atoms with E-state index in [2.05, 4.69) is 5.32 Å². The van der Waals surface area contributed by atoms with E-state index in [-0.39, 0.29) is 5.91 Å². The molecule has 2 bridgehead atoms. The van der Waals surface area contributed by atoms with Gasteiger partial charge in [0.25, 0.3) is 0 Å². The summed E-state index contributed by atoms with van der Waals surface area (Å²) in [6.07, 6.45) is 2.59. The summed E-state index contributed by atoms with van der Waals surface area (Å²) in [7, 11) is 0. The molecule has 1 aliphatic heterocycles. The van der Waals surface area contributed by atoms with Crippen molar-refractivity contribution in [2.24, 2.45) is 5.92 Å². The van der Waals surface area contributed by atoms with Crippen molar-refractivity contribution in [2.45, 2.75) is 31.2 Å². The first kappa shape index (κ1) is 7.58. The molecular weight excluding hydrogens is 158 g/mol. The third-order valence-corrected chi connectivity index (χ3v) is 2.88.